The Balaban J connectivity index is 1.99. The van der Waals surface area contributed by atoms with Crippen molar-refractivity contribution >= 4 is 28.1 Å². The first-order valence-corrected chi connectivity index (χ1v) is 5.89. The highest BCUT2D eigenvalue weighted by Crippen LogP contribution is 2.09. The summed E-state index contributed by atoms with van der Waals surface area (Å²) >= 11 is 3.25. The van der Waals surface area contributed by atoms with Gasteiger partial charge >= 0.3 is 0 Å². The Bertz CT molecular complexity index is 571. The molecule has 0 bridgehead atoms. The smallest absolute Gasteiger partial charge is 0.267 e. The normalized spacial score (nSPS) is 10.5. The van der Waals surface area contributed by atoms with Gasteiger partial charge in [0.2, 0.25) is 0 Å². The van der Waals surface area contributed by atoms with Crippen molar-refractivity contribution in [2.45, 2.75) is 0 Å². The third-order valence-corrected chi connectivity index (χ3v) is 2.46. The van der Waals surface area contributed by atoms with Gasteiger partial charge in [-0.25, -0.2) is 5.43 Å². The van der Waals surface area contributed by atoms with Crippen LogP contribution in [0.2, 0.25) is 0 Å². The summed E-state index contributed by atoms with van der Waals surface area (Å²) in [6.07, 6.45) is 7.92. The predicted molar refractivity (Wildman–Crippen MR) is 71.2 cm³/mol. The molecule has 0 spiro atoms. The molecular formula is C12H9BrN4O. The van der Waals surface area contributed by atoms with Crippen LogP contribution < -0.4 is 5.43 Å². The maximum Gasteiger partial charge on any atom is 0.272 e. The van der Waals surface area contributed by atoms with E-state index in [4.69, 9.17) is 0 Å². The second-order valence-electron chi connectivity index (χ2n) is 3.38. The number of hydrogen-bond donors (Lipinski definition) is 1. The molecule has 2 rings (SSSR count). The molecule has 0 aliphatic carbocycles. The summed E-state index contributed by atoms with van der Waals surface area (Å²) in [6, 6.07) is 5.30. The molecule has 0 aromatic carbocycles. The van der Waals surface area contributed by atoms with Gasteiger partial charge in [0.15, 0.2) is 0 Å². The average Bonchev–Trinajstić information content (AvgIpc) is 2.40. The Hall–Kier alpha value is -2.08. The lowest BCUT2D eigenvalue weighted by molar-refractivity contribution is 0.0954. The summed E-state index contributed by atoms with van der Waals surface area (Å²) < 4.78 is 0.742. The van der Waals surface area contributed by atoms with Gasteiger partial charge in [-0.2, -0.15) is 5.10 Å². The summed E-state index contributed by atoms with van der Waals surface area (Å²) in [5, 5.41) is 3.84. The van der Waals surface area contributed by atoms with Crippen LogP contribution in [0.4, 0.5) is 0 Å². The lowest BCUT2D eigenvalue weighted by Crippen LogP contribution is -2.17. The van der Waals surface area contributed by atoms with E-state index in [2.05, 4.69) is 36.4 Å². The molecule has 0 aliphatic heterocycles. The van der Waals surface area contributed by atoms with E-state index in [0.717, 1.165) is 10.0 Å². The number of rotatable bonds is 3. The van der Waals surface area contributed by atoms with Crippen molar-refractivity contribution in [3.05, 3.63) is 58.6 Å². The van der Waals surface area contributed by atoms with Crippen LogP contribution in [0.1, 0.15) is 15.9 Å². The molecule has 5 nitrogen and oxygen atoms in total. The minimum atomic E-state index is -0.316. The Morgan fingerprint density at radius 1 is 1.33 bits per heavy atom. The van der Waals surface area contributed by atoms with Crippen LogP contribution >= 0.6 is 15.9 Å². The van der Waals surface area contributed by atoms with Crippen LogP contribution in [0.3, 0.4) is 0 Å². The fourth-order valence-corrected chi connectivity index (χ4v) is 1.58. The first-order chi connectivity index (χ1) is 8.75. The average molecular weight is 305 g/mol. The number of nitrogens with zero attached hydrogens (tertiary/aromatic N) is 3. The van der Waals surface area contributed by atoms with Crippen LogP contribution in [0.25, 0.3) is 0 Å². The maximum absolute atomic E-state index is 11.7. The van der Waals surface area contributed by atoms with Crippen molar-refractivity contribution in [1.82, 2.24) is 15.4 Å². The van der Waals surface area contributed by atoms with Crippen molar-refractivity contribution < 1.29 is 4.79 Å². The van der Waals surface area contributed by atoms with Gasteiger partial charge in [-0.05, 0) is 28.1 Å². The highest BCUT2D eigenvalue weighted by molar-refractivity contribution is 9.10. The van der Waals surface area contributed by atoms with Gasteiger partial charge in [-0.15, -0.1) is 0 Å². The number of hydrogen-bond acceptors (Lipinski definition) is 4. The molecule has 0 saturated heterocycles. The second kappa shape index (κ2) is 6.02. The minimum absolute atomic E-state index is 0.316. The van der Waals surface area contributed by atoms with Crippen molar-refractivity contribution in [1.29, 1.82) is 0 Å². The van der Waals surface area contributed by atoms with Crippen LogP contribution in [-0.2, 0) is 0 Å². The van der Waals surface area contributed by atoms with Crippen LogP contribution in [0.5, 0.6) is 0 Å². The second-order valence-corrected chi connectivity index (χ2v) is 4.29. The zero-order chi connectivity index (χ0) is 12.8. The van der Waals surface area contributed by atoms with E-state index in [1.54, 1.807) is 30.7 Å². The zero-order valence-electron chi connectivity index (χ0n) is 9.25. The number of amides is 1. The van der Waals surface area contributed by atoms with Crippen molar-refractivity contribution in [3.8, 4) is 0 Å². The number of carbonyl (C=O) groups is 1. The van der Waals surface area contributed by atoms with E-state index in [1.807, 2.05) is 6.07 Å². The Kier molecular flexibility index (Phi) is 4.14. The van der Waals surface area contributed by atoms with E-state index in [0.29, 0.717) is 5.56 Å². The molecule has 2 aromatic rings. The molecule has 0 saturated carbocycles. The monoisotopic (exact) mass is 304 g/mol. The van der Waals surface area contributed by atoms with E-state index >= 15 is 0 Å². The summed E-state index contributed by atoms with van der Waals surface area (Å²) in [5.74, 6) is -0.316. The van der Waals surface area contributed by atoms with E-state index in [-0.39, 0.29) is 5.91 Å². The summed E-state index contributed by atoms with van der Waals surface area (Å²) in [6.45, 7) is 0. The number of nitrogens with one attached hydrogen (secondary N) is 1. The molecule has 0 unspecified atom stereocenters. The maximum atomic E-state index is 11.7. The molecule has 0 atom stereocenters. The third-order valence-electron chi connectivity index (χ3n) is 2.03. The molecule has 2 aromatic heterocycles. The predicted octanol–water partition coefficient (Wildman–Crippen LogP) is 2.00. The molecule has 6 heteroatoms. The summed E-state index contributed by atoms with van der Waals surface area (Å²) in [4.78, 5) is 19.5. The quantitative estimate of drug-likeness (QED) is 0.696. The van der Waals surface area contributed by atoms with Crippen molar-refractivity contribution in [3.63, 3.8) is 0 Å². The number of aromatic nitrogens is 2. The van der Waals surface area contributed by atoms with Gasteiger partial charge in [0.05, 0.1) is 11.8 Å². The van der Waals surface area contributed by atoms with Gasteiger partial charge in [-0.3, -0.25) is 14.8 Å². The van der Waals surface area contributed by atoms with Gasteiger partial charge in [0.1, 0.15) is 0 Å². The minimum Gasteiger partial charge on any atom is -0.267 e. The SMILES string of the molecule is O=C(N/N=C/c1cccnc1)c1cncc(Br)c1. The number of pyridine rings is 2. The fraction of sp³-hybridized carbons (Fsp3) is 0. The van der Waals surface area contributed by atoms with Gasteiger partial charge in [-0.1, -0.05) is 6.07 Å². The molecule has 90 valence electrons. The molecular weight excluding hydrogens is 296 g/mol. The van der Waals surface area contributed by atoms with E-state index < -0.39 is 0 Å². The number of halogens is 1. The standard InChI is InChI=1S/C12H9BrN4O/c13-11-4-10(7-15-8-11)12(18)17-16-6-9-2-1-3-14-5-9/h1-8H,(H,17,18)/b16-6+. The molecule has 1 N–H and O–H groups in total. The molecule has 0 aliphatic rings. The molecule has 2 heterocycles. The molecule has 0 radical (unpaired) electrons. The van der Waals surface area contributed by atoms with Crippen molar-refractivity contribution in [2.24, 2.45) is 5.10 Å². The molecule has 0 fully saturated rings. The van der Waals surface area contributed by atoms with Crippen LogP contribution in [0, 0.1) is 0 Å². The van der Waals surface area contributed by atoms with Crippen LogP contribution in [-0.4, -0.2) is 22.1 Å². The van der Waals surface area contributed by atoms with Gasteiger partial charge in [0.25, 0.3) is 5.91 Å². The largest absolute Gasteiger partial charge is 0.272 e. The zero-order valence-corrected chi connectivity index (χ0v) is 10.8. The Morgan fingerprint density at radius 2 is 2.22 bits per heavy atom. The highest BCUT2D eigenvalue weighted by atomic mass is 79.9. The summed E-state index contributed by atoms with van der Waals surface area (Å²) in [7, 11) is 0. The first kappa shape index (κ1) is 12.4. The number of hydrazone groups is 1. The highest BCUT2D eigenvalue weighted by Gasteiger charge is 2.04. The summed E-state index contributed by atoms with van der Waals surface area (Å²) in [5.41, 5.74) is 3.66. The Morgan fingerprint density at radius 3 is 2.94 bits per heavy atom. The van der Waals surface area contributed by atoms with Gasteiger partial charge in [0, 0.05) is 34.8 Å². The van der Waals surface area contributed by atoms with E-state index in [9.17, 15) is 4.79 Å². The molecule has 18 heavy (non-hydrogen) atoms. The lowest BCUT2D eigenvalue weighted by Gasteiger charge is -1.99. The number of carbonyl (C=O) groups excluding carboxylic acids is 1. The van der Waals surface area contributed by atoms with Crippen LogP contribution in [0.15, 0.2) is 52.6 Å². The topological polar surface area (TPSA) is 67.2 Å². The van der Waals surface area contributed by atoms with E-state index in [1.165, 1.54) is 12.4 Å². The van der Waals surface area contributed by atoms with Crippen molar-refractivity contribution in [2.75, 3.05) is 0 Å². The lowest BCUT2D eigenvalue weighted by atomic mass is 10.3. The third kappa shape index (κ3) is 3.46. The first-order valence-electron chi connectivity index (χ1n) is 5.10. The fourth-order valence-electron chi connectivity index (χ4n) is 1.22. The molecule has 1 amide bonds. The van der Waals surface area contributed by atoms with Gasteiger partial charge < -0.3 is 0 Å². The Labute approximate surface area is 112 Å².